The molecule has 4 nitrogen and oxygen atoms in total. The number of carbonyl (C=O) groups excluding carboxylic acids is 1. The fourth-order valence-corrected chi connectivity index (χ4v) is 2.02. The number of pyridine rings is 1. The Morgan fingerprint density at radius 3 is 2.71 bits per heavy atom. The Kier molecular flexibility index (Phi) is 4.93. The van der Waals surface area contributed by atoms with Crippen LogP contribution < -0.4 is 10.1 Å². The molecule has 0 bridgehead atoms. The molecule has 1 aromatic heterocycles. The lowest BCUT2D eigenvalue weighted by Gasteiger charge is -2.12. The van der Waals surface area contributed by atoms with Gasteiger partial charge in [0, 0.05) is 6.20 Å². The maximum Gasteiger partial charge on any atom is 0.255 e. The molecule has 21 heavy (non-hydrogen) atoms. The maximum atomic E-state index is 12.3. The highest BCUT2D eigenvalue weighted by molar-refractivity contribution is 5.97. The fourth-order valence-electron chi connectivity index (χ4n) is 2.02. The average molecular weight is 284 g/mol. The van der Waals surface area contributed by atoms with E-state index in [1.807, 2.05) is 36.4 Å². The summed E-state index contributed by atoms with van der Waals surface area (Å²) in [5.74, 6) is 0.831. The molecular formula is C17H20N2O2. The summed E-state index contributed by atoms with van der Waals surface area (Å²) in [6.45, 7) is 4.61. The molecule has 1 heterocycles. The molecule has 1 amide bonds. The van der Waals surface area contributed by atoms with Gasteiger partial charge in [0.25, 0.3) is 5.91 Å². The molecule has 0 atom stereocenters. The average Bonchev–Trinajstić information content (AvgIpc) is 2.52. The van der Waals surface area contributed by atoms with E-state index in [9.17, 15) is 4.79 Å². The van der Waals surface area contributed by atoms with Crippen molar-refractivity contribution in [3.8, 4) is 5.75 Å². The zero-order valence-corrected chi connectivity index (χ0v) is 12.6. The monoisotopic (exact) mass is 284 g/mol. The highest BCUT2D eigenvalue weighted by Gasteiger charge is 2.13. The minimum atomic E-state index is -0.159. The predicted molar refractivity (Wildman–Crippen MR) is 82.5 cm³/mol. The van der Waals surface area contributed by atoms with Crippen LogP contribution in [0.5, 0.6) is 5.75 Å². The van der Waals surface area contributed by atoms with Gasteiger partial charge in [-0.25, -0.2) is 0 Å². The van der Waals surface area contributed by atoms with E-state index in [1.54, 1.807) is 13.3 Å². The van der Waals surface area contributed by atoms with Crippen LogP contribution in [0.1, 0.15) is 41.4 Å². The number of nitrogens with zero attached hydrogens (tertiary/aromatic N) is 1. The van der Waals surface area contributed by atoms with Crippen LogP contribution in [0.15, 0.2) is 42.6 Å². The maximum absolute atomic E-state index is 12.3. The van der Waals surface area contributed by atoms with E-state index in [1.165, 1.54) is 0 Å². The van der Waals surface area contributed by atoms with Crippen LogP contribution in [0.3, 0.4) is 0 Å². The van der Waals surface area contributed by atoms with Gasteiger partial charge in [0.15, 0.2) is 0 Å². The highest BCUT2D eigenvalue weighted by Crippen LogP contribution is 2.24. The Morgan fingerprint density at radius 1 is 1.29 bits per heavy atom. The molecule has 2 aromatic rings. The summed E-state index contributed by atoms with van der Waals surface area (Å²) in [5, 5.41) is 2.86. The first-order chi connectivity index (χ1) is 10.1. The lowest BCUT2D eigenvalue weighted by molar-refractivity contribution is 0.0947. The summed E-state index contributed by atoms with van der Waals surface area (Å²) in [6.07, 6.45) is 1.71. The minimum Gasteiger partial charge on any atom is -0.496 e. The molecule has 1 aromatic carbocycles. The zero-order valence-electron chi connectivity index (χ0n) is 12.6. The Balaban J connectivity index is 2.11. The molecule has 110 valence electrons. The first kappa shape index (κ1) is 15.0. The Hall–Kier alpha value is -2.36. The summed E-state index contributed by atoms with van der Waals surface area (Å²) >= 11 is 0. The molecular weight excluding hydrogens is 264 g/mol. The number of rotatable bonds is 5. The van der Waals surface area contributed by atoms with Crippen LogP contribution in [0.4, 0.5) is 0 Å². The fraction of sp³-hybridized carbons (Fsp3) is 0.294. The van der Waals surface area contributed by atoms with Crippen LogP contribution in [0.2, 0.25) is 0 Å². The van der Waals surface area contributed by atoms with Gasteiger partial charge in [-0.3, -0.25) is 9.78 Å². The van der Waals surface area contributed by atoms with E-state index in [0.29, 0.717) is 23.8 Å². The third kappa shape index (κ3) is 3.81. The summed E-state index contributed by atoms with van der Waals surface area (Å²) in [6, 6.07) is 11.3. The van der Waals surface area contributed by atoms with Crippen molar-refractivity contribution in [1.82, 2.24) is 10.3 Å². The van der Waals surface area contributed by atoms with Gasteiger partial charge >= 0.3 is 0 Å². The van der Waals surface area contributed by atoms with Crippen molar-refractivity contribution in [3.63, 3.8) is 0 Å². The molecule has 0 saturated carbocycles. The van der Waals surface area contributed by atoms with Gasteiger partial charge in [-0.15, -0.1) is 0 Å². The lowest BCUT2D eigenvalue weighted by Crippen LogP contribution is -2.23. The zero-order chi connectivity index (χ0) is 15.2. The van der Waals surface area contributed by atoms with Crippen LogP contribution >= 0.6 is 0 Å². The summed E-state index contributed by atoms with van der Waals surface area (Å²) in [7, 11) is 1.58. The lowest BCUT2D eigenvalue weighted by atomic mass is 10.0. The molecule has 0 aliphatic heterocycles. The molecule has 0 spiro atoms. The Bertz CT molecular complexity index is 609. The number of ether oxygens (including phenoxy) is 1. The second-order valence-electron chi connectivity index (χ2n) is 5.12. The number of benzene rings is 1. The Labute approximate surface area is 125 Å². The molecule has 2 rings (SSSR count). The predicted octanol–water partition coefficient (Wildman–Crippen LogP) is 3.14. The van der Waals surface area contributed by atoms with Crippen LogP contribution in [0.25, 0.3) is 0 Å². The number of aromatic nitrogens is 1. The SMILES string of the molecule is COc1cc(C(C)C)ccc1C(=O)NCc1ccccn1. The van der Waals surface area contributed by atoms with Crippen LogP contribution in [0, 0.1) is 0 Å². The molecule has 0 fully saturated rings. The number of carbonyl (C=O) groups is 1. The van der Waals surface area contributed by atoms with Gasteiger partial charge in [0.2, 0.25) is 0 Å². The van der Waals surface area contributed by atoms with Crippen LogP contribution in [-0.4, -0.2) is 18.0 Å². The summed E-state index contributed by atoms with van der Waals surface area (Å²) in [5.41, 5.74) is 2.51. The van der Waals surface area contributed by atoms with Gasteiger partial charge in [-0.05, 0) is 35.7 Å². The summed E-state index contributed by atoms with van der Waals surface area (Å²) < 4.78 is 5.33. The van der Waals surface area contributed by atoms with Crippen molar-refractivity contribution in [3.05, 3.63) is 59.4 Å². The molecule has 4 heteroatoms. The minimum absolute atomic E-state index is 0.159. The van der Waals surface area contributed by atoms with Crippen molar-refractivity contribution >= 4 is 5.91 Å². The number of hydrogen-bond acceptors (Lipinski definition) is 3. The van der Waals surface area contributed by atoms with Crippen molar-refractivity contribution in [1.29, 1.82) is 0 Å². The van der Waals surface area contributed by atoms with E-state index in [0.717, 1.165) is 11.3 Å². The molecule has 0 aliphatic carbocycles. The van der Waals surface area contributed by atoms with Gasteiger partial charge in [-0.2, -0.15) is 0 Å². The quantitative estimate of drug-likeness (QED) is 0.917. The number of nitrogens with one attached hydrogen (secondary N) is 1. The second kappa shape index (κ2) is 6.88. The smallest absolute Gasteiger partial charge is 0.255 e. The molecule has 0 saturated heterocycles. The topological polar surface area (TPSA) is 51.2 Å². The standard InChI is InChI=1S/C17H20N2O2/c1-12(2)13-7-8-15(16(10-13)21-3)17(20)19-11-14-6-4-5-9-18-14/h4-10,12H,11H2,1-3H3,(H,19,20). The first-order valence-corrected chi connectivity index (χ1v) is 6.98. The van der Waals surface area contributed by atoms with E-state index in [4.69, 9.17) is 4.74 Å². The van der Waals surface area contributed by atoms with E-state index >= 15 is 0 Å². The molecule has 0 aliphatic rings. The molecule has 0 unspecified atom stereocenters. The van der Waals surface area contributed by atoms with Crippen LogP contribution in [-0.2, 0) is 6.54 Å². The third-order valence-electron chi connectivity index (χ3n) is 3.29. The van der Waals surface area contributed by atoms with Gasteiger partial charge in [0.1, 0.15) is 5.75 Å². The van der Waals surface area contributed by atoms with E-state index in [-0.39, 0.29) is 5.91 Å². The largest absolute Gasteiger partial charge is 0.496 e. The van der Waals surface area contributed by atoms with Gasteiger partial charge in [0.05, 0.1) is 24.9 Å². The van der Waals surface area contributed by atoms with E-state index in [2.05, 4.69) is 24.1 Å². The van der Waals surface area contributed by atoms with Crippen molar-refractivity contribution < 1.29 is 9.53 Å². The van der Waals surface area contributed by atoms with Crippen molar-refractivity contribution in [2.24, 2.45) is 0 Å². The second-order valence-corrected chi connectivity index (χ2v) is 5.12. The third-order valence-corrected chi connectivity index (χ3v) is 3.29. The molecule has 1 N–H and O–H groups in total. The number of amides is 1. The normalized spacial score (nSPS) is 10.5. The molecule has 0 radical (unpaired) electrons. The van der Waals surface area contributed by atoms with Gasteiger partial charge < -0.3 is 10.1 Å². The highest BCUT2D eigenvalue weighted by atomic mass is 16.5. The summed E-state index contributed by atoms with van der Waals surface area (Å²) in [4.78, 5) is 16.4. The van der Waals surface area contributed by atoms with Crippen molar-refractivity contribution in [2.75, 3.05) is 7.11 Å². The Morgan fingerprint density at radius 2 is 2.10 bits per heavy atom. The van der Waals surface area contributed by atoms with Crippen molar-refractivity contribution in [2.45, 2.75) is 26.3 Å². The number of hydrogen-bond donors (Lipinski definition) is 1. The van der Waals surface area contributed by atoms with E-state index < -0.39 is 0 Å². The van der Waals surface area contributed by atoms with Gasteiger partial charge in [-0.1, -0.05) is 26.0 Å². The number of methoxy groups -OCH3 is 1. The first-order valence-electron chi connectivity index (χ1n) is 6.98.